The molecule has 8 nitrogen and oxygen atoms in total. The summed E-state index contributed by atoms with van der Waals surface area (Å²) in [6.45, 7) is -1.50. The fraction of sp³-hybridized carbons (Fsp3) is 0.316. The molecule has 0 bridgehead atoms. The molecule has 13 heteroatoms. The van der Waals surface area contributed by atoms with Crippen LogP contribution in [0.25, 0.3) is 0 Å². The Hall–Kier alpha value is -3.82. The standard InChI is InChI=1S/C19H14F5N5O3/c20-16(21)12-4-10-2-1-3-29(17(10)27-13(12)8-30)18(31)28-15-5-14(11(6-25)7-26-15)32-9-19(22,23)24/h4-5,7-8,16H,1-3,9H2,(H,26,28,31). The number of nitriles is 1. The molecule has 32 heavy (non-hydrogen) atoms. The van der Waals surface area contributed by atoms with E-state index in [9.17, 15) is 31.5 Å². The second kappa shape index (κ2) is 9.13. The van der Waals surface area contributed by atoms with E-state index in [1.165, 1.54) is 0 Å². The van der Waals surface area contributed by atoms with Gasteiger partial charge in [-0.3, -0.25) is 15.0 Å². The van der Waals surface area contributed by atoms with Crippen molar-refractivity contribution in [3.05, 3.63) is 40.7 Å². The Bertz CT molecular complexity index is 1080. The molecule has 1 N–H and O–H groups in total. The highest BCUT2D eigenvalue weighted by molar-refractivity contribution is 6.01. The number of fused-ring (bicyclic) bond motifs is 1. The van der Waals surface area contributed by atoms with Gasteiger partial charge in [-0.25, -0.2) is 23.5 Å². The molecule has 0 unspecified atom stereocenters. The van der Waals surface area contributed by atoms with E-state index in [-0.39, 0.29) is 30.0 Å². The number of aromatic nitrogens is 2. The van der Waals surface area contributed by atoms with Crippen molar-refractivity contribution < 1.29 is 36.3 Å². The number of urea groups is 1. The number of ether oxygens (including phenoxy) is 1. The smallest absolute Gasteiger partial charge is 0.422 e. The molecule has 3 heterocycles. The van der Waals surface area contributed by atoms with Crippen LogP contribution in [-0.2, 0) is 6.42 Å². The zero-order chi connectivity index (χ0) is 23.5. The first-order valence-electron chi connectivity index (χ1n) is 9.08. The first kappa shape index (κ1) is 22.9. The average molecular weight is 455 g/mol. The highest BCUT2D eigenvalue weighted by atomic mass is 19.4. The molecular formula is C19H14F5N5O3. The van der Waals surface area contributed by atoms with E-state index in [0.717, 1.165) is 23.2 Å². The first-order valence-corrected chi connectivity index (χ1v) is 9.08. The highest BCUT2D eigenvalue weighted by Crippen LogP contribution is 2.32. The SMILES string of the molecule is N#Cc1cnc(NC(=O)N2CCCc3cc(C(F)F)c(C=O)nc32)cc1OCC(F)(F)F. The lowest BCUT2D eigenvalue weighted by Gasteiger charge is -2.29. The van der Waals surface area contributed by atoms with Crippen LogP contribution in [0.2, 0.25) is 0 Å². The molecule has 2 aromatic rings. The molecule has 0 aromatic carbocycles. The third kappa shape index (κ3) is 5.08. The zero-order valence-electron chi connectivity index (χ0n) is 16.1. The van der Waals surface area contributed by atoms with Crippen LogP contribution in [0.3, 0.4) is 0 Å². The highest BCUT2D eigenvalue weighted by Gasteiger charge is 2.30. The van der Waals surface area contributed by atoms with Crippen molar-refractivity contribution in [2.24, 2.45) is 0 Å². The van der Waals surface area contributed by atoms with Gasteiger partial charge in [0.2, 0.25) is 0 Å². The second-order valence-corrected chi connectivity index (χ2v) is 6.63. The monoisotopic (exact) mass is 455 g/mol. The summed E-state index contributed by atoms with van der Waals surface area (Å²) in [6, 6.07) is 2.91. The van der Waals surface area contributed by atoms with Crippen LogP contribution in [0.5, 0.6) is 5.75 Å². The van der Waals surface area contributed by atoms with E-state index in [1.54, 1.807) is 6.07 Å². The zero-order valence-corrected chi connectivity index (χ0v) is 16.1. The number of halogens is 5. The second-order valence-electron chi connectivity index (χ2n) is 6.63. The van der Waals surface area contributed by atoms with Gasteiger partial charge in [-0.05, 0) is 24.5 Å². The summed E-state index contributed by atoms with van der Waals surface area (Å²) < 4.78 is 68.2. The summed E-state index contributed by atoms with van der Waals surface area (Å²) in [5.74, 6) is -0.627. The Balaban J connectivity index is 1.86. The van der Waals surface area contributed by atoms with Crippen molar-refractivity contribution in [1.82, 2.24) is 9.97 Å². The number of amides is 2. The topological polar surface area (TPSA) is 108 Å². The molecule has 2 amide bonds. The fourth-order valence-electron chi connectivity index (χ4n) is 3.04. The molecule has 2 aromatic heterocycles. The molecule has 0 radical (unpaired) electrons. The van der Waals surface area contributed by atoms with Gasteiger partial charge in [-0.2, -0.15) is 18.4 Å². The third-order valence-electron chi connectivity index (χ3n) is 4.43. The molecule has 3 rings (SSSR count). The molecule has 0 saturated heterocycles. The number of aryl methyl sites for hydroxylation is 1. The number of aldehydes is 1. The maximum atomic E-state index is 13.2. The van der Waals surface area contributed by atoms with Gasteiger partial charge in [-0.15, -0.1) is 0 Å². The predicted molar refractivity (Wildman–Crippen MR) is 99.8 cm³/mol. The molecule has 168 valence electrons. The van der Waals surface area contributed by atoms with Crippen molar-refractivity contribution in [3.8, 4) is 11.8 Å². The number of alkyl halides is 5. The molecule has 1 aliphatic rings. The maximum absolute atomic E-state index is 13.2. The van der Waals surface area contributed by atoms with Crippen molar-refractivity contribution in [1.29, 1.82) is 5.26 Å². The van der Waals surface area contributed by atoms with Gasteiger partial charge in [0.15, 0.2) is 12.9 Å². The minimum atomic E-state index is -4.64. The number of anilines is 2. The van der Waals surface area contributed by atoms with Crippen LogP contribution in [0.1, 0.15) is 40.0 Å². The summed E-state index contributed by atoms with van der Waals surface area (Å²) in [5, 5.41) is 11.4. The Kier molecular flexibility index (Phi) is 6.52. The average Bonchev–Trinajstić information content (AvgIpc) is 2.75. The number of hydrogen-bond donors (Lipinski definition) is 1. The molecule has 1 aliphatic heterocycles. The molecular weight excluding hydrogens is 441 g/mol. The number of hydrogen-bond acceptors (Lipinski definition) is 6. The lowest BCUT2D eigenvalue weighted by molar-refractivity contribution is -0.153. The third-order valence-corrected chi connectivity index (χ3v) is 4.43. The van der Waals surface area contributed by atoms with Gasteiger partial charge in [0.25, 0.3) is 6.43 Å². The van der Waals surface area contributed by atoms with Crippen LogP contribution < -0.4 is 15.0 Å². The Morgan fingerprint density at radius 2 is 2.12 bits per heavy atom. The van der Waals surface area contributed by atoms with Gasteiger partial charge in [0.1, 0.15) is 34.7 Å². The number of rotatable bonds is 5. The van der Waals surface area contributed by atoms with Crippen LogP contribution in [-0.4, -0.2) is 41.6 Å². The molecule has 0 saturated carbocycles. The van der Waals surface area contributed by atoms with Crippen LogP contribution in [0, 0.1) is 11.3 Å². The Labute approximate surface area is 177 Å². The van der Waals surface area contributed by atoms with Gasteiger partial charge in [-0.1, -0.05) is 0 Å². The van der Waals surface area contributed by atoms with Crippen LogP contribution >= 0.6 is 0 Å². The summed E-state index contributed by atoms with van der Waals surface area (Å²) in [4.78, 5) is 32.7. The largest absolute Gasteiger partial charge is 0.483 e. The van der Waals surface area contributed by atoms with E-state index < -0.39 is 42.2 Å². The Morgan fingerprint density at radius 3 is 2.75 bits per heavy atom. The number of nitrogens with one attached hydrogen (secondary N) is 1. The van der Waals surface area contributed by atoms with Crippen molar-refractivity contribution in [2.75, 3.05) is 23.4 Å². The molecule has 0 spiro atoms. The van der Waals surface area contributed by atoms with Crippen LogP contribution in [0.4, 0.5) is 38.4 Å². The van der Waals surface area contributed by atoms with E-state index in [0.29, 0.717) is 18.4 Å². The lowest BCUT2D eigenvalue weighted by atomic mass is 10.0. The maximum Gasteiger partial charge on any atom is 0.422 e. The lowest BCUT2D eigenvalue weighted by Crippen LogP contribution is -2.39. The molecule has 0 aliphatic carbocycles. The summed E-state index contributed by atoms with van der Waals surface area (Å²) in [6.07, 6.45) is -5.69. The van der Waals surface area contributed by atoms with E-state index in [1.807, 2.05) is 0 Å². The minimum Gasteiger partial charge on any atom is -0.483 e. The van der Waals surface area contributed by atoms with E-state index in [4.69, 9.17) is 5.26 Å². The fourth-order valence-corrected chi connectivity index (χ4v) is 3.04. The van der Waals surface area contributed by atoms with Gasteiger partial charge >= 0.3 is 12.2 Å². The van der Waals surface area contributed by atoms with Gasteiger partial charge in [0.05, 0.1) is 6.20 Å². The summed E-state index contributed by atoms with van der Waals surface area (Å²) in [5.41, 5.74) is -0.972. The van der Waals surface area contributed by atoms with Crippen molar-refractivity contribution in [3.63, 3.8) is 0 Å². The Morgan fingerprint density at radius 1 is 1.38 bits per heavy atom. The van der Waals surface area contributed by atoms with E-state index >= 15 is 0 Å². The molecule has 0 fully saturated rings. The summed E-state index contributed by atoms with van der Waals surface area (Å²) >= 11 is 0. The number of nitrogens with zero attached hydrogens (tertiary/aromatic N) is 4. The van der Waals surface area contributed by atoms with Crippen molar-refractivity contribution in [2.45, 2.75) is 25.4 Å². The van der Waals surface area contributed by atoms with Crippen LogP contribution in [0.15, 0.2) is 18.3 Å². The summed E-state index contributed by atoms with van der Waals surface area (Å²) in [7, 11) is 0. The normalized spacial score (nSPS) is 13.3. The van der Waals surface area contributed by atoms with Gasteiger partial charge < -0.3 is 4.74 Å². The molecule has 0 atom stereocenters. The quantitative estimate of drug-likeness (QED) is 0.539. The number of carbonyl (C=O) groups is 2. The number of carbonyl (C=O) groups excluding carboxylic acids is 2. The van der Waals surface area contributed by atoms with Crippen molar-refractivity contribution >= 4 is 24.0 Å². The van der Waals surface area contributed by atoms with E-state index in [2.05, 4.69) is 20.0 Å². The number of pyridine rings is 2. The minimum absolute atomic E-state index is 0.0161. The first-order chi connectivity index (χ1) is 15.1. The van der Waals surface area contributed by atoms with Gasteiger partial charge in [0, 0.05) is 18.2 Å². The predicted octanol–water partition coefficient (Wildman–Crippen LogP) is 4.02.